The average molecular weight is 245 g/mol. The van der Waals surface area contributed by atoms with Crippen LogP contribution in [0.4, 0.5) is 0 Å². The molecule has 1 heteroatoms. The van der Waals surface area contributed by atoms with Gasteiger partial charge in [-0.25, -0.2) is 0 Å². The lowest BCUT2D eigenvalue weighted by Crippen LogP contribution is -2.51. The molecule has 0 aromatic carbocycles. The minimum Gasteiger partial charge on any atom is -0.295 e. The van der Waals surface area contributed by atoms with Gasteiger partial charge in [0.1, 0.15) is 0 Å². The first-order valence-corrected chi connectivity index (χ1v) is 7.19. The van der Waals surface area contributed by atoms with Gasteiger partial charge in [-0.2, -0.15) is 0 Å². The van der Waals surface area contributed by atoms with Crippen molar-refractivity contribution in [2.24, 2.45) is 10.8 Å². The van der Waals surface area contributed by atoms with Crippen molar-refractivity contribution in [3.63, 3.8) is 0 Å². The maximum Gasteiger partial charge on any atom is 0.0278 e. The molecule has 2 aliphatic heterocycles. The fraction of sp³-hybridized carbons (Fsp3) is 0.647. The van der Waals surface area contributed by atoms with E-state index in [0.29, 0.717) is 16.9 Å². The van der Waals surface area contributed by atoms with E-state index in [1.807, 2.05) is 6.08 Å². The summed E-state index contributed by atoms with van der Waals surface area (Å²) >= 11 is 0. The van der Waals surface area contributed by atoms with Crippen molar-refractivity contribution in [3.05, 3.63) is 36.5 Å². The monoisotopic (exact) mass is 245 g/mol. The predicted molar refractivity (Wildman–Crippen MR) is 79.6 cm³/mol. The van der Waals surface area contributed by atoms with Gasteiger partial charge in [0.25, 0.3) is 0 Å². The fourth-order valence-corrected chi connectivity index (χ4v) is 4.03. The minimum atomic E-state index is 0.295. The maximum atomic E-state index is 3.86. The number of allylic oxidation sites excluding steroid dienone is 2. The van der Waals surface area contributed by atoms with Crippen molar-refractivity contribution in [1.29, 1.82) is 0 Å². The van der Waals surface area contributed by atoms with Crippen LogP contribution in [0.5, 0.6) is 0 Å². The Morgan fingerprint density at radius 1 is 1.50 bits per heavy atom. The van der Waals surface area contributed by atoms with Gasteiger partial charge in [0, 0.05) is 23.4 Å². The molecule has 3 atom stereocenters. The average Bonchev–Trinajstić information content (AvgIpc) is 2.71. The summed E-state index contributed by atoms with van der Waals surface area (Å²) in [6.45, 7) is 15.7. The molecule has 1 saturated heterocycles. The van der Waals surface area contributed by atoms with E-state index in [1.54, 1.807) is 0 Å². The van der Waals surface area contributed by atoms with Gasteiger partial charge in [0.2, 0.25) is 0 Å². The molecule has 1 fully saturated rings. The Hall–Kier alpha value is -0.820. The smallest absolute Gasteiger partial charge is 0.0278 e. The summed E-state index contributed by atoms with van der Waals surface area (Å²) < 4.78 is 0. The van der Waals surface area contributed by atoms with E-state index in [-0.39, 0.29) is 0 Å². The van der Waals surface area contributed by atoms with Gasteiger partial charge in [-0.05, 0) is 26.3 Å². The highest BCUT2D eigenvalue weighted by Crippen LogP contribution is 2.52. The van der Waals surface area contributed by atoms with E-state index < -0.39 is 0 Å². The molecule has 0 N–H and O–H groups in total. The van der Waals surface area contributed by atoms with Crippen molar-refractivity contribution >= 4 is 0 Å². The summed E-state index contributed by atoms with van der Waals surface area (Å²) in [6, 6.07) is 0.635. The number of rotatable bonds is 3. The largest absolute Gasteiger partial charge is 0.295 e. The van der Waals surface area contributed by atoms with Gasteiger partial charge in [-0.3, -0.25) is 4.90 Å². The predicted octanol–water partition coefficient (Wildman–Crippen LogP) is 4.19. The highest BCUT2D eigenvalue weighted by molar-refractivity contribution is 5.27. The molecule has 100 valence electrons. The summed E-state index contributed by atoms with van der Waals surface area (Å²) in [7, 11) is 0. The van der Waals surface area contributed by atoms with Crippen molar-refractivity contribution in [2.75, 3.05) is 13.1 Å². The van der Waals surface area contributed by atoms with Crippen LogP contribution in [0.15, 0.2) is 36.5 Å². The third-order valence-corrected chi connectivity index (χ3v) is 5.38. The molecular formula is C17H27N. The van der Waals surface area contributed by atoms with Crippen molar-refractivity contribution < 1.29 is 0 Å². The molecule has 18 heavy (non-hydrogen) atoms. The highest BCUT2D eigenvalue weighted by atomic mass is 15.2. The number of fused-ring (bicyclic) bond motifs is 1. The standard InChI is InChI=1S/C17H27N/c1-6-9-14(3)17(5)11-13-18-12-8-10-16(4,7-2)15(17)18/h6,8-10,15H,1,7,11-13H2,2-5H3/b14-9+/t15-,16?,17-/m0/s1. The lowest BCUT2D eigenvalue weighted by Gasteiger charge is -2.48. The molecule has 2 rings (SSSR count). The molecule has 0 bridgehead atoms. The molecule has 0 amide bonds. The second-order valence-electron chi connectivity index (χ2n) is 6.41. The summed E-state index contributed by atoms with van der Waals surface area (Å²) in [5.41, 5.74) is 2.09. The van der Waals surface area contributed by atoms with Gasteiger partial charge >= 0.3 is 0 Å². The first-order valence-electron chi connectivity index (χ1n) is 7.19. The van der Waals surface area contributed by atoms with Crippen molar-refractivity contribution in [3.8, 4) is 0 Å². The highest BCUT2D eigenvalue weighted by Gasteiger charge is 2.52. The van der Waals surface area contributed by atoms with Crippen LogP contribution in [0.25, 0.3) is 0 Å². The van der Waals surface area contributed by atoms with Crippen LogP contribution in [0, 0.1) is 10.8 Å². The molecule has 2 heterocycles. The van der Waals surface area contributed by atoms with E-state index in [1.165, 1.54) is 25.0 Å². The van der Waals surface area contributed by atoms with E-state index >= 15 is 0 Å². The van der Waals surface area contributed by atoms with E-state index in [4.69, 9.17) is 0 Å². The summed E-state index contributed by atoms with van der Waals surface area (Å²) in [5, 5.41) is 0. The zero-order chi connectivity index (χ0) is 13.4. The molecule has 0 aromatic heterocycles. The zero-order valence-electron chi connectivity index (χ0n) is 12.4. The van der Waals surface area contributed by atoms with Crippen molar-refractivity contribution in [2.45, 2.75) is 46.6 Å². The first-order chi connectivity index (χ1) is 8.48. The summed E-state index contributed by atoms with van der Waals surface area (Å²) in [4.78, 5) is 2.67. The van der Waals surface area contributed by atoms with Gasteiger partial charge in [-0.15, -0.1) is 0 Å². The second kappa shape index (κ2) is 4.70. The zero-order valence-corrected chi connectivity index (χ0v) is 12.4. The SMILES string of the molecule is C=C/C=C(\C)[C@]1(C)CCN2CC=CC(C)(CC)[C@H]21. The van der Waals surface area contributed by atoms with E-state index in [2.05, 4.69) is 57.4 Å². The third-order valence-electron chi connectivity index (χ3n) is 5.38. The Morgan fingerprint density at radius 3 is 2.83 bits per heavy atom. The van der Waals surface area contributed by atoms with E-state index in [0.717, 1.165) is 6.54 Å². The topological polar surface area (TPSA) is 3.24 Å². The van der Waals surface area contributed by atoms with Gasteiger partial charge < -0.3 is 0 Å². The molecule has 0 aromatic rings. The molecule has 0 radical (unpaired) electrons. The van der Waals surface area contributed by atoms with Gasteiger partial charge in [0.15, 0.2) is 0 Å². The molecular weight excluding hydrogens is 218 g/mol. The first kappa shape index (κ1) is 13.6. The lowest BCUT2D eigenvalue weighted by atomic mass is 9.63. The summed E-state index contributed by atoms with van der Waals surface area (Å²) in [5.74, 6) is 0. The summed E-state index contributed by atoms with van der Waals surface area (Å²) in [6.07, 6.45) is 11.4. The molecule has 1 nitrogen and oxygen atoms in total. The van der Waals surface area contributed by atoms with Crippen LogP contribution < -0.4 is 0 Å². The third kappa shape index (κ3) is 1.89. The van der Waals surface area contributed by atoms with Crippen LogP contribution in [0.3, 0.4) is 0 Å². The van der Waals surface area contributed by atoms with Crippen LogP contribution >= 0.6 is 0 Å². The molecule has 0 spiro atoms. The molecule has 1 unspecified atom stereocenters. The maximum absolute atomic E-state index is 3.86. The Labute approximate surface area is 112 Å². The van der Waals surface area contributed by atoms with Gasteiger partial charge in [0.05, 0.1) is 0 Å². The van der Waals surface area contributed by atoms with Crippen LogP contribution in [0.2, 0.25) is 0 Å². The quantitative estimate of drug-likeness (QED) is 0.532. The normalized spacial score (nSPS) is 40.9. The number of nitrogens with zero attached hydrogens (tertiary/aromatic N) is 1. The lowest BCUT2D eigenvalue weighted by molar-refractivity contribution is 0.0843. The Morgan fingerprint density at radius 2 is 2.22 bits per heavy atom. The fourth-order valence-electron chi connectivity index (χ4n) is 4.03. The van der Waals surface area contributed by atoms with Gasteiger partial charge in [-0.1, -0.05) is 57.2 Å². The van der Waals surface area contributed by atoms with Crippen LogP contribution in [-0.4, -0.2) is 24.0 Å². The van der Waals surface area contributed by atoms with E-state index in [9.17, 15) is 0 Å². The molecule has 0 saturated carbocycles. The second-order valence-corrected chi connectivity index (χ2v) is 6.41. The van der Waals surface area contributed by atoms with Crippen LogP contribution in [-0.2, 0) is 0 Å². The number of hydrogen-bond acceptors (Lipinski definition) is 1. The minimum absolute atomic E-state index is 0.295. The van der Waals surface area contributed by atoms with Crippen LogP contribution in [0.1, 0.15) is 40.5 Å². The Kier molecular flexibility index (Phi) is 3.55. The molecule has 2 aliphatic rings. The van der Waals surface area contributed by atoms with Crippen molar-refractivity contribution in [1.82, 2.24) is 4.90 Å². The number of hydrogen-bond donors (Lipinski definition) is 0. The Balaban J connectivity index is 2.43. The molecule has 0 aliphatic carbocycles. The Bertz CT molecular complexity index is 392.